The van der Waals surface area contributed by atoms with E-state index in [4.69, 9.17) is 10.7 Å². The minimum absolute atomic E-state index is 0.0720. The molecule has 1 aliphatic rings. The van der Waals surface area contributed by atoms with Gasteiger partial charge in [-0.05, 0) is 14.1 Å². The molecule has 0 spiro atoms. The predicted molar refractivity (Wildman–Crippen MR) is 81.6 cm³/mol. The molecule has 2 N–H and O–H groups in total. The zero-order valence-corrected chi connectivity index (χ0v) is 13.5. The predicted octanol–water partition coefficient (Wildman–Crippen LogP) is 1.82. The molecule has 1 unspecified atom stereocenters. The maximum absolute atomic E-state index is 5.90. The van der Waals surface area contributed by atoms with Gasteiger partial charge in [-0.15, -0.1) is 11.3 Å². The van der Waals surface area contributed by atoms with E-state index >= 15 is 0 Å². The highest BCUT2D eigenvalue weighted by Gasteiger charge is 2.30. The van der Waals surface area contributed by atoms with Crippen LogP contribution < -0.4 is 5.73 Å². The standard InChI is InChI=1S/C14H26N4S/c1-14(2,3)12-11(8-15)19-13(16-12)10-9-17(4)6-7-18(10)5/h10H,6-9,15H2,1-5H3. The number of nitrogens with two attached hydrogens (primary N) is 1. The topological polar surface area (TPSA) is 45.4 Å². The molecule has 1 atom stereocenters. The van der Waals surface area contributed by atoms with E-state index < -0.39 is 0 Å². The van der Waals surface area contributed by atoms with Gasteiger partial charge in [0, 0.05) is 36.5 Å². The molecule has 4 nitrogen and oxygen atoms in total. The molecule has 2 rings (SSSR count). The maximum atomic E-state index is 5.90. The summed E-state index contributed by atoms with van der Waals surface area (Å²) in [6, 6.07) is 0.408. The molecule has 108 valence electrons. The molecule has 1 aromatic rings. The highest BCUT2D eigenvalue weighted by molar-refractivity contribution is 7.11. The summed E-state index contributed by atoms with van der Waals surface area (Å²) in [5, 5.41) is 1.22. The van der Waals surface area contributed by atoms with Crippen LogP contribution in [0, 0.1) is 0 Å². The van der Waals surface area contributed by atoms with Crippen LogP contribution in [0.2, 0.25) is 0 Å². The van der Waals surface area contributed by atoms with Crippen molar-refractivity contribution in [1.29, 1.82) is 0 Å². The molecule has 1 fully saturated rings. The average molecular weight is 282 g/mol. The van der Waals surface area contributed by atoms with Crippen LogP contribution in [0.3, 0.4) is 0 Å². The summed E-state index contributed by atoms with van der Waals surface area (Å²) < 4.78 is 0. The van der Waals surface area contributed by atoms with Gasteiger partial charge in [0.1, 0.15) is 5.01 Å². The molecule has 1 aliphatic heterocycles. The number of rotatable bonds is 2. The molecule has 0 amide bonds. The van der Waals surface area contributed by atoms with E-state index in [9.17, 15) is 0 Å². The first-order valence-electron chi connectivity index (χ1n) is 6.92. The Morgan fingerprint density at radius 3 is 2.53 bits per heavy atom. The van der Waals surface area contributed by atoms with Crippen LogP contribution in [0.5, 0.6) is 0 Å². The molecule has 1 aromatic heterocycles. The molecular formula is C14H26N4S. The van der Waals surface area contributed by atoms with Crippen molar-refractivity contribution in [3.8, 4) is 0 Å². The second kappa shape index (κ2) is 5.48. The van der Waals surface area contributed by atoms with Gasteiger partial charge in [0.05, 0.1) is 11.7 Å². The van der Waals surface area contributed by atoms with E-state index in [0.29, 0.717) is 12.6 Å². The first-order valence-corrected chi connectivity index (χ1v) is 7.73. The fourth-order valence-electron chi connectivity index (χ4n) is 2.51. The van der Waals surface area contributed by atoms with Crippen molar-refractivity contribution in [2.45, 2.75) is 38.8 Å². The quantitative estimate of drug-likeness (QED) is 0.899. The Morgan fingerprint density at radius 2 is 2.00 bits per heavy atom. The smallest absolute Gasteiger partial charge is 0.112 e. The van der Waals surface area contributed by atoms with Gasteiger partial charge in [-0.25, -0.2) is 4.98 Å². The first-order chi connectivity index (χ1) is 8.82. The molecule has 1 saturated heterocycles. The Bertz CT molecular complexity index is 435. The number of hydrogen-bond acceptors (Lipinski definition) is 5. The van der Waals surface area contributed by atoms with Crippen molar-refractivity contribution in [1.82, 2.24) is 14.8 Å². The highest BCUT2D eigenvalue weighted by Crippen LogP contribution is 2.34. The lowest BCUT2D eigenvalue weighted by Crippen LogP contribution is -2.44. The van der Waals surface area contributed by atoms with Crippen LogP contribution in [0.25, 0.3) is 0 Å². The van der Waals surface area contributed by atoms with Gasteiger partial charge in [0.2, 0.25) is 0 Å². The molecule has 0 aliphatic carbocycles. The molecule has 0 radical (unpaired) electrons. The molecular weight excluding hydrogens is 256 g/mol. The SMILES string of the molecule is CN1CCN(C)C(c2nc(C(C)(C)C)c(CN)s2)C1. The van der Waals surface area contributed by atoms with E-state index in [2.05, 4.69) is 44.7 Å². The molecule has 0 bridgehead atoms. The lowest BCUT2D eigenvalue weighted by atomic mass is 9.91. The second-order valence-corrected chi connectivity index (χ2v) is 7.65. The number of nitrogens with zero attached hydrogens (tertiary/aromatic N) is 3. The van der Waals surface area contributed by atoms with Crippen LogP contribution in [-0.2, 0) is 12.0 Å². The summed E-state index contributed by atoms with van der Waals surface area (Å²) >= 11 is 1.79. The van der Waals surface area contributed by atoms with Gasteiger partial charge in [-0.2, -0.15) is 0 Å². The van der Waals surface area contributed by atoms with Crippen LogP contribution in [0.1, 0.15) is 42.4 Å². The van der Waals surface area contributed by atoms with Gasteiger partial charge in [0.15, 0.2) is 0 Å². The molecule has 0 saturated carbocycles. The third-order valence-corrected chi connectivity index (χ3v) is 4.92. The van der Waals surface area contributed by atoms with E-state index in [1.807, 2.05) is 0 Å². The average Bonchev–Trinajstić information content (AvgIpc) is 2.76. The fourth-order valence-corrected chi connectivity index (χ4v) is 3.83. The Kier molecular flexibility index (Phi) is 4.30. The minimum Gasteiger partial charge on any atom is -0.326 e. The number of hydrogen-bond donors (Lipinski definition) is 1. The van der Waals surface area contributed by atoms with Crippen LogP contribution in [0.15, 0.2) is 0 Å². The summed E-state index contributed by atoms with van der Waals surface area (Å²) in [6.45, 7) is 10.5. The summed E-state index contributed by atoms with van der Waals surface area (Å²) in [6.07, 6.45) is 0. The van der Waals surface area contributed by atoms with Crippen molar-refractivity contribution in [2.75, 3.05) is 33.7 Å². The van der Waals surface area contributed by atoms with Gasteiger partial charge >= 0.3 is 0 Å². The molecule has 19 heavy (non-hydrogen) atoms. The Balaban J connectivity index is 2.32. The van der Waals surface area contributed by atoms with E-state index in [1.165, 1.54) is 15.6 Å². The molecule has 5 heteroatoms. The van der Waals surface area contributed by atoms with Crippen molar-refractivity contribution in [2.24, 2.45) is 5.73 Å². The fraction of sp³-hybridized carbons (Fsp3) is 0.786. The van der Waals surface area contributed by atoms with E-state index in [-0.39, 0.29) is 5.41 Å². The van der Waals surface area contributed by atoms with Crippen molar-refractivity contribution in [3.05, 3.63) is 15.6 Å². The van der Waals surface area contributed by atoms with Crippen molar-refractivity contribution in [3.63, 3.8) is 0 Å². The van der Waals surface area contributed by atoms with Crippen LogP contribution in [-0.4, -0.2) is 48.5 Å². The monoisotopic (exact) mass is 282 g/mol. The van der Waals surface area contributed by atoms with E-state index in [1.54, 1.807) is 11.3 Å². The summed E-state index contributed by atoms with van der Waals surface area (Å²) in [4.78, 5) is 11.0. The maximum Gasteiger partial charge on any atom is 0.112 e. The van der Waals surface area contributed by atoms with Crippen molar-refractivity contribution >= 4 is 11.3 Å². The van der Waals surface area contributed by atoms with Gasteiger partial charge in [-0.1, -0.05) is 20.8 Å². The normalized spacial score (nSPS) is 22.9. The summed E-state index contributed by atoms with van der Waals surface area (Å²) in [5.74, 6) is 0. The zero-order valence-electron chi connectivity index (χ0n) is 12.7. The number of thiazole rings is 1. The molecule has 0 aromatic carbocycles. The molecule has 2 heterocycles. The van der Waals surface area contributed by atoms with Gasteiger partial charge in [0.25, 0.3) is 0 Å². The largest absolute Gasteiger partial charge is 0.326 e. The second-order valence-electron chi connectivity index (χ2n) is 6.54. The van der Waals surface area contributed by atoms with Gasteiger partial charge < -0.3 is 10.6 Å². The Morgan fingerprint density at radius 1 is 1.32 bits per heavy atom. The number of piperazine rings is 1. The van der Waals surface area contributed by atoms with Crippen LogP contribution >= 0.6 is 11.3 Å². The number of likely N-dealkylation sites (N-methyl/N-ethyl adjacent to an activating group) is 2. The third-order valence-electron chi connectivity index (χ3n) is 3.75. The Hall–Kier alpha value is -0.490. The zero-order chi connectivity index (χ0) is 14.2. The summed E-state index contributed by atoms with van der Waals surface area (Å²) in [7, 11) is 4.38. The highest BCUT2D eigenvalue weighted by atomic mass is 32.1. The van der Waals surface area contributed by atoms with Crippen LogP contribution in [0.4, 0.5) is 0 Å². The first kappa shape index (κ1) is 14.9. The van der Waals surface area contributed by atoms with Gasteiger partial charge in [-0.3, -0.25) is 4.90 Å². The Labute approximate surface area is 120 Å². The lowest BCUT2D eigenvalue weighted by Gasteiger charge is -2.36. The lowest BCUT2D eigenvalue weighted by molar-refractivity contribution is 0.114. The third kappa shape index (κ3) is 3.16. The summed E-state index contributed by atoms with van der Waals surface area (Å²) in [5.41, 5.74) is 7.15. The van der Waals surface area contributed by atoms with Crippen molar-refractivity contribution < 1.29 is 0 Å². The van der Waals surface area contributed by atoms with E-state index in [0.717, 1.165) is 19.6 Å². The number of aromatic nitrogens is 1. The minimum atomic E-state index is 0.0720.